The highest BCUT2D eigenvalue weighted by Crippen LogP contribution is 1.97. The highest BCUT2D eigenvalue weighted by atomic mass is 16.5. The SMILES string of the molecule is COC(=O)c1ncc2nccn2n1. The van der Waals surface area contributed by atoms with E-state index in [2.05, 4.69) is 19.8 Å². The summed E-state index contributed by atoms with van der Waals surface area (Å²) in [5, 5.41) is 3.87. The second-order valence-electron chi connectivity index (χ2n) is 2.30. The van der Waals surface area contributed by atoms with E-state index in [-0.39, 0.29) is 5.82 Å². The first-order valence-corrected chi connectivity index (χ1v) is 3.56. The molecule has 0 aliphatic carbocycles. The number of carbonyl (C=O) groups excluding carboxylic acids is 1. The highest BCUT2D eigenvalue weighted by molar-refractivity contribution is 5.84. The molecular formula is C7H6N4O2. The van der Waals surface area contributed by atoms with Crippen LogP contribution < -0.4 is 0 Å². The van der Waals surface area contributed by atoms with Crippen molar-refractivity contribution in [3.63, 3.8) is 0 Å². The van der Waals surface area contributed by atoms with Gasteiger partial charge in [-0.2, -0.15) is 0 Å². The highest BCUT2D eigenvalue weighted by Gasteiger charge is 2.09. The van der Waals surface area contributed by atoms with Gasteiger partial charge in [-0.1, -0.05) is 0 Å². The third-order valence-electron chi connectivity index (χ3n) is 1.52. The quantitative estimate of drug-likeness (QED) is 0.571. The summed E-state index contributed by atoms with van der Waals surface area (Å²) in [5.41, 5.74) is 0.590. The van der Waals surface area contributed by atoms with E-state index in [1.807, 2.05) is 0 Å². The van der Waals surface area contributed by atoms with E-state index in [1.165, 1.54) is 17.8 Å². The molecular weight excluding hydrogens is 172 g/mol. The van der Waals surface area contributed by atoms with Crippen molar-refractivity contribution < 1.29 is 9.53 Å². The van der Waals surface area contributed by atoms with Gasteiger partial charge < -0.3 is 4.74 Å². The number of rotatable bonds is 1. The predicted molar refractivity (Wildman–Crippen MR) is 42.1 cm³/mol. The second kappa shape index (κ2) is 2.81. The van der Waals surface area contributed by atoms with E-state index in [0.29, 0.717) is 5.65 Å². The molecule has 0 unspecified atom stereocenters. The zero-order valence-corrected chi connectivity index (χ0v) is 6.84. The van der Waals surface area contributed by atoms with Crippen LogP contribution in [0.5, 0.6) is 0 Å². The molecule has 2 aromatic rings. The average Bonchev–Trinajstić information content (AvgIpc) is 2.63. The van der Waals surface area contributed by atoms with E-state index in [9.17, 15) is 4.79 Å². The molecule has 0 N–H and O–H groups in total. The first-order chi connectivity index (χ1) is 6.31. The summed E-state index contributed by atoms with van der Waals surface area (Å²) < 4.78 is 5.92. The fourth-order valence-corrected chi connectivity index (χ4v) is 0.917. The first-order valence-electron chi connectivity index (χ1n) is 3.56. The number of ether oxygens (including phenoxy) is 1. The molecule has 0 aliphatic heterocycles. The van der Waals surface area contributed by atoms with Crippen LogP contribution in [-0.4, -0.2) is 32.7 Å². The van der Waals surface area contributed by atoms with Crippen LogP contribution in [0.1, 0.15) is 10.6 Å². The van der Waals surface area contributed by atoms with E-state index >= 15 is 0 Å². The van der Waals surface area contributed by atoms with Gasteiger partial charge in [-0.25, -0.2) is 19.3 Å². The number of esters is 1. The lowest BCUT2D eigenvalue weighted by atomic mass is 10.6. The second-order valence-corrected chi connectivity index (χ2v) is 2.30. The first kappa shape index (κ1) is 7.66. The van der Waals surface area contributed by atoms with Gasteiger partial charge >= 0.3 is 5.97 Å². The summed E-state index contributed by atoms with van der Waals surface area (Å²) >= 11 is 0. The van der Waals surface area contributed by atoms with Gasteiger partial charge in [-0.3, -0.25) is 0 Å². The Hall–Kier alpha value is -1.98. The topological polar surface area (TPSA) is 69.4 Å². The van der Waals surface area contributed by atoms with Crippen molar-refractivity contribution in [1.29, 1.82) is 0 Å². The van der Waals surface area contributed by atoms with Crippen molar-refractivity contribution in [2.75, 3.05) is 7.11 Å². The van der Waals surface area contributed by atoms with Crippen LogP contribution in [0.2, 0.25) is 0 Å². The van der Waals surface area contributed by atoms with Crippen LogP contribution in [0.15, 0.2) is 18.6 Å². The number of aromatic nitrogens is 4. The number of hydrogen-bond acceptors (Lipinski definition) is 5. The monoisotopic (exact) mass is 178 g/mol. The molecule has 66 valence electrons. The number of hydrogen-bond donors (Lipinski definition) is 0. The third kappa shape index (κ3) is 1.22. The van der Waals surface area contributed by atoms with E-state index in [0.717, 1.165) is 0 Å². The molecule has 2 rings (SSSR count). The van der Waals surface area contributed by atoms with Crippen molar-refractivity contribution in [2.45, 2.75) is 0 Å². The summed E-state index contributed by atoms with van der Waals surface area (Å²) in [6.07, 6.45) is 4.66. The van der Waals surface area contributed by atoms with Crippen molar-refractivity contribution >= 4 is 11.6 Å². The van der Waals surface area contributed by atoms with Crippen LogP contribution in [0.25, 0.3) is 5.65 Å². The van der Waals surface area contributed by atoms with Crippen LogP contribution in [0.3, 0.4) is 0 Å². The molecule has 2 heterocycles. The summed E-state index contributed by atoms with van der Waals surface area (Å²) in [7, 11) is 1.28. The Balaban J connectivity index is 2.54. The number of fused-ring (bicyclic) bond motifs is 1. The maximum Gasteiger partial charge on any atom is 0.377 e. The molecule has 0 saturated carbocycles. The molecule has 0 atom stereocenters. The van der Waals surface area contributed by atoms with Gasteiger partial charge in [0.15, 0.2) is 5.65 Å². The minimum Gasteiger partial charge on any atom is -0.463 e. The number of carbonyl (C=O) groups is 1. The zero-order valence-electron chi connectivity index (χ0n) is 6.84. The molecule has 0 saturated heterocycles. The summed E-state index contributed by atoms with van der Waals surface area (Å²) in [6, 6.07) is 0. The van der Waals surface area contributed by atoms with Gasteiger partial charge in [-0.05, 0) is 0 Å². The fourth-order valence-electron chi connectivity index (χ4n) is 0.917. The molecule has 13 heavy (non-hydrogen) atoms. The molecule has 0 spiro atoms. The Morgan fingerprint density at radius 3 is 3.15 bits per heavy atom. The average molecular weight is 178 g/mol. The van der Waals surface area contributed by atoms with Crippen molar-refractivity contribution in [3.05, 3.63) is 24.4 Å². The Morgan fingerprint density at radius 1 is 1.54 bits per heavy atom. The van der Waals surface area contributed by atoms with E-state index in [1.54, 1.807) is 12.4 Å². The van der Waals surface area contributed by atoms with E-state index in [4.69, 9.17) is 0 Å². The normalized spacial score (nSPS) is 10.2. The zero-order chi connectivity index (χ0) is 9.26. The summed E-state index contributed by atoms with van der Waals surface area (Å²) in [4.78, 5) is 18.7. The summed E-state index contributed by atoms with van der Waals surface area (Å²) in [6.45, 7) is 0. The Bertz CT molecular complexity index is 450. The molecule has 0 aromatic carbocycles. The van der Waals surface area contributed by atoms with Gasteiger partial charge in [0, 0.05) is 12.4 Å². The number of nitrogens with zero attached hydrogens (tertiary/aromatic N) is 4. The molecule has 0 amide bonds. The minimum absolute atomic E-state index is 0.0213. The molecule has 2 aromatic heterocycles. The number of imidazole rings is 1. The van der Waals surface area contributed by atoms with Gasteiger partial charge in [0.1, 0.15) is 0 Å². The summed E-state index contributed by atoms with van der Waals surface area (Å²) in [5.74, 6) is -0.538. The molecule has 0 fully saturated rings. The minimum atomic E-state index is -0.560. The largest absolute Gasteiger partial charge is 0.463 e. The van der Waals surface area contributed by atoms with Crippen LogP contribution in [-0.2, 0) is 4.74 Å². The van der Waals surface area contributed by atoms with Crippen molar-refractivity contribution in [2.24, 2.45) is 0 Å². The van der Waals surface area contributed by atoms with Crippen LogP contribution >= 0.6 is 0 Å². The maximum atomic E-state index is 11.0. The van der Waals surface area contributed by atoms with Crippen molar-refractivity contribution in [1.82, 2.24) is 19.6 Å². The maximum absolute atomic E-state index is 11.0. The Labute approximate surface area is 73.2 Å². The van der Waals surface area contributed by atoms with Gasteiger partial charge in [-0.15, -0.1) is 5.10 Å². The molecule has 0 radical (unpaired) electrons. The Kier molecular flexibility index (Phi) is 1.66. The molecule has 6 nitrogen and oxygen atoms in total. The Morgan fingerprint density at radius 2 is 2.38 bits per heavy atom. The van der Waals surface area contributed by atoms with Gasteiger partial charge in [0.05, 0.1) is 13.3 Å². The molecule has 0 bridgehead atoms. The standard InChI is InChI=1S/C7H6N4O2/c1-13-7(12)6-9-4-5-8-2-3-11(5)10-6/h2-4H,1H3. The van der Waals surface area contributed by atoms with Gasteiger partial charge in [0.2, 0.25) is 0 Å². The predicted octanol–water partition coefficient (Wildman–Crippen LogP) is -0.0891. The van der Waals surface area contributed by atoms with Crippen LogP contribution in [0, 0.1) is 0 Å². The fraction of sp³-hybridized carbons (Fsp3) is 0.143. The van der Waals surface area contributed by atoms with Gasteiger partial charge in [0.25, 0.3) is 5.82 Å². The van der Waals surface area contributed by atoms with E-state index < -0.39 is 5.97 Å². The number of methoxy groups -OCH3 is 1. The smallest absolute Gasteiger partial charge is 0.377 e. The molecule has 0 aliphatic rings. The van der Waals surface area contributed by atoms with Crippen LogP contribution in [0.4, 0.5) is 0 Å². The lowest BCUT2D eigenvalue weighted by molar-refractivity contribution is 0.0584. The lowest BCUT2D eigenvalue weighted by Crippen LogP contribution is -2.09. The molecule has 6 heteroatoms. The third-order valence-corrected chi connectivity index (χ3v) is 1.52. The van der Waals surface area contributed by atoms with Crippen molar-refractivity contribution in [3.8, 4) is 0 Å². The lowest BCUT2D eigenvalue weighted by Gasteiger charge is -1.96.